The number of hydrogen-bond donors (Lipinski definition) is 0. The van der Waals surface area contributed by atoms with Crippen LogP contribution in [0.25, 0.3) is 0 Å². The van der Waals surface area contributed by atoms with Crippen LogP contribution >= 0.6 is 0 Å². The zero-order valence-corrected chi connectivity index (χ0v) is 12.6. The summed E-state index contributed by atoms with van der Waals surface area (Å²) in [5.74, 6) is -1.16. The topological polar surface area (TPSA) is 69.7 Å². The van der Waals surface area contributed by atoms with Gasteiger partial charge in [-0.25, -0.2) is 4.79 Å². The highest BCUT2D eigenvalue weighted by molar-refractivity contribution is 5.71. The number of nitrogens with zero attached hydrogens (tertiary/aromatic N) is 1. The summed E-state index contributed by atoms with van der Waals surface area (Å²) >= 11 is 0. The van der Waals surface area contributed by atoms with Crippen LogP contribution in [0.5, 0.6) is 0 Å². The Bertz CT molecular complexity index is 547. The minimum atomic E-state index is -1.16. The maximum Gasteiger partial charge on any atom is 0.410 e. The van der Waals surface area contributed by atoms with E-state index in [9.17, 15) is 14.7 Å². The van der Waals surface area contributed by atoms with Crippen molar-refractivity contribution in [2.75, 3.05) is 0 Å². The summed E-state index contributed by atoms with van der Waals surface area (Å²) in [5, 5.41) is 10.9. The van der Waals surface area contributed by atoms with Gasteiger partial charge in [-0.05, 0) is 38.3 Å². The monoisotopic (exact) mass is 290 g/mol. The highest BCUT2D eigenvalue weighted by Gasteiger charge is 2.32. The van der Waals surface area contributed by atoms with Crippen LogP contribution in [-0.4, -0.2) is 28.6 Å². The van der Waals surface area contributed by atoms with Crippen LogP contribution in [-0.2, 0) is 22.5 Å². The van der Waals surface area contributed by atoms with Crippen LogP contribution in [0.2, 0.25) is 0 Å². The molecule has 5 heteroatoms. The van der Waals surface area contributed by atoms with Gasteiger partial charge < -0.3 is 19.5 Å². The minimum Gasteiger partial charge on any atom is -0.550 e. The van der Waals surface area contributed by atoms with E-state index in [1.165, 1.54) is 4.90 Å². The number of carbonyl (C=O) groups is 2. The maximum atomic E-state index is 12.3. The van der Waals surface area contributed by atoms with E-state index in [1.54, 1.807) is 20.8 Å². The van der Waals surface area contributed by atoms with Gasteiger partial charge in [0.2, 0.25) is 0 Å². The molecule has 21 heavy (non-hydrogen) atoms. The second-order valence-corrected chi connectivity index (χ2v) is 6.31. The molecule has 0 aromatic heterocycles. The van der Waals surface area contributed by atoms with E-state index in [1.807, 2.05) is 24.3 Å². The molecule has 1 aromatic carbocycles. The first-order valence-electron chi connectivity index (χ1n) is 7.02. The molecule has 1 amide bonds. The molecule has 2 rings (SSSR count). The number of hydrogen-bond acceptors (Lipinski definition) is 4. The lowest BCUT2D eigenvalue weighted by molar-refractivity contribution is -0.306. The van der Waals surface area contributed by atoms with Gasteiger partial charge in [0.15, 0.2) is 0 Å². The molecule has 0 spiro atoms. The molecule has 1 heterocycles. The van der Waals surface area contributed by atoms with Gasteiger partial charge >= 0.3 is 6.09 Å². The summed E-state index contributed by atoms with van der Waals surface area (Å²) in [6.07, 6.45) is -0.167. The zero-order chi connectivity index (χ0) is 15.6. The van der Waals surface area contributed by atoms with Crippen molar-refractivity contribution in [1.29, 1.82) is 0 Å². The van der Waals surface area contributed by atoms with E-state index in [0.717, 1.165) is 11.1 Å². The van der Waals surface area contributed by atoms with E-state index in [2.05, 4.69) is 0 Å². The van der Waals surface area contributed by atoms with Gasteiger partial charge in [0.25, 0.3) is 0 Å². The van der Waals surface area contributed by atoms with Crippen molar-refractivity contribution >= 4 is 12.1 Å². The van der Waals surface area contributed by atoms with Crippen molar-refractivity contribution in [1.82, 2.24) is 4.90 Å². The largest absolute Gasteiger partial charge is 0.550 e. The molecule has 0 aliphatic carbocycles. The SMILES string of the molecule is CC(C)(C)OC(=O)N1Cc2ccccc2C[C@H]1CC(=O)[O-]. The first-order valence-corrected chi connectivity index (χ1v) is 7.02. The lowest BCUT2D eigenvalue weighted by Gasteiger charge is -2.38. The van der Waals surface area contributed by atoms with Gasteiger partial charge in [-0.1, -0.05) is 24.3 Å². The number of amides is 1. The smallest absolute Gasteiger partial charge is 0.410 e. The molecule has 0 fully saturated rings. The zero-order valence-electron chi connectivity index (χ0n) is 12.6. The number of benzene rings is 1. The third-order valence-electron chi connectivity index (χ3n) is 3.39. The Morgan fingerprint density at radius 3 is 2.48 bits per heavy atom. The van der Waals surface area contributed by atoms with Crippen molar-refractivity contribution in [2.24, 2.45) is 0 Å². The molecule has 0 bridgehead atoms. The molecule has 1 aliphatic rings. The molecule has 114 valence electrons. The van der Waals surface area contributed by atoms with Crippen molar-refractivity contribution in [3.63, 3.8) is 0 Å². The summed E-state index contributed by atoms with van der Waals surface area (Å²) in [7, 11) is 0. The number of rotatable bonds is 2. The Kier molecular flexibility index (Phi) is 4.21. The Labute approximate surface area is 124 Å². The van der Waals surface area contributed by atoms with Crippen LogP contribution in [0.4, 0.5) is 4.79 Å². The maximum absolute atomic E-state index is 12.3. The third kappa shape index (κ3) is 3.97. The number of carboxylic acids is 1. The summed E-state index contributed by atoms with van der Waals surface area (Å²) in [6.45, 7) is 5.73. The molecule has 1 aliphatic heterocycles. The third-order valence-corrected chi connectivity index (χ3v) is 3.39. The number of aliphatic carboxylic acids is 1. The van der Waals surface area contributed by atoms with Crippen molar-refractivity contribution in [3.05, 3.63) is 35.4 Å². The number of ether oxygens (including phenoxy) is 1. The van der Waals surface area contributed by atoms with Gasteiger partial charge in [0.05, 0.1) is 0 Å². The average molecular weight is 290 g/mol. The first kappa shape index (κ1) is 15.4. The minimum absolute atomic E-state index is 0.187. The van der Waals surface area contributed by atoms with Crippen LogP contribution < -0.4 is 5.11 Å². The lowest BCUT2D eigenvalue weighted by Crippen LogP contribution is -2.48. The second kappa shape index (κ2) is 5.76. The van der Waals surface area contributed by atoms with E-state index in [4.69, 9.17) is 4.74 Å². The first-order chi connectivity index (χ1) is 9.76. The van der Waals surface area contributed by atoms with Gasteiger partial charge in [-0.15, -0.1) is 0 Å². The highest BCUT2D eigenvalue weighted by atomic mass is 16.6. The molecule has 0 N–H and O–H groups in total. The summed E-state index contributed by atoms with van der Waals surface area (Å²) in [5.41, 5.74) is 1.49. The van der Waals surface area contributed by atoms with E-state index >= 15 is 0 Å². The number of fused-ring (bicyclic) bond motifs is 1. The fraction of sp³-hybridized carbons (Fsp3) is 0.500. The van der Waals surface area contributed by atoms with Crippen LogP contribution in [0.15, 0.2) is 24.3 Å². The van der Waals surface area contributed by atoms with E-state index in [-0.39, 0.29) is 6.42 Å². The molecule has 0 saturated carbocycles. The molecular weight excluding hydrogens is 270 g/mol. The lowest BCUT2D eigenvalue weighted by atomic mass is 9.92. The van der Waals surface area contributed by atoms with Gasteiger partial charge in [0, 0.05) is 25.0 Å². The molecule has 0 saturated heterocycles. The quantitative estimate of drug-likeness (QED) is 0.827. The fourth-order valence-corrected chi connectivity index (χ4v) is 2.50. The Balaban J connectivity index is 2.24. The predicted octanol–water partition coefficient (Wildman–Crippen LogP) is 1.49. The molecule has 5 nitrogen and oxygen atoms in total. The Hall–Kier alpha value is -2.04. The van der Waals surface area contributed by atoms with E-state index in [0.29, 0.717) is 13.0 Å². The summed E-state index contributed by atoms with van der Waals surface area (Å²) in [4.78, 5) is 24.7. The van der Waals surface area contributed by atoms with Gasteiger partial charge in [-0.2, -0.15) is 0 Å². The van der Waals surface area contributed by atoms with E-state index < -0.39 is 23.7 Å². The molecule has 0 radical (unpaired) electrons. The van der Waals surface area contributed by atoms with Crippen molar-refractivity contribution in [3.8, 4) is 0 Å². The fourth-order valence-electron chi connectivity index (χ4n) is 2.50. The van der Waals surface area contributed by atoms with Crippen molar-refractivity contribution < 1.29 is 19.4 Å². The van der Waals surface area contributed by atoms with Crippen LogP contribution in [0.1, 0.15) is 38.3 Å². The highest BCUT2D eigenvalue weighted by Crippen LogP contribution is 2.26. The van der Waals surface area contributed by atoms with Gasteiger partial charge in [0.1, 0.15) is 5.60 Å². The standard InChI is InChI=1S/C16H21NO4/c1-16(2,3)21-15(20)17-10-12-7-5-4-6-11(12)8-13(17)9-14(18)19/h4-7,13H,8-10H2,1-3H3,(H,18,19)/p-1/t13-/m0/s1. The Morgan fingerprint density at radius 2 is 1.90 bits per heavy atom. The predicted molar refractivity (Wildman–Crippen MR) is 75.3 cm³/mol. The van der Waals surface area contributed by atoms with Crippen LogP contribution in [0, 0.1) is 0 Å². The number of carboxylic acid groups (broad SMARTS) is 1. The second-order valence-electron chi connectivity index (χ2n) is 6.31. The average Bonchev–Trinajstić information content (AvgIpc) is 2.35. The Morgan fingerprint density at radius 1 is 1.29 bits per heavy atom. The molecule has 0 unspecified atom stereocenters. The van der Waals surface area contributed by atoms with Crippen molar-refractivity contribution in [2.45, 2.75) is 51.8 Å². The normalized spacial score (nSPS) is 18.0. The summed E-state index contributed by atoms with van der Waals surface area (Å²) < 4.78 is 5.38. The van der Waals surface area contributed by atoms with Gasteiger partial charge in [-0.3, -0.25) is 0 Å². The van der Waals surface area contributed by atoms with Crippen LogP contribution in [0.3, 0.4) is 0 Å². The molecule has 1 atom stereocenters. The summed E-state index contributed by atoms with van der Waals surface area (Å²) in [6, 6.07) is 7.30. The molecule has 1 aromatic rings. The molecular formula is C16H20NO4-. The number of carbonyl (C=O) groups excluding carboxylic acids is 2.